The van der Waals surface area contributed by atoms with Gasteiger partial charge in [0, 0.05) is 39.3 Å². The second-order valence-electron chi connectivity index (χ2n) is 17.5. The van der Waals surface area contributed by atoms with Gasteiger partial charge in [0.1, 0.15) is 0 Å². The number of rotatable bonds is 39. The summed E-state index contributed by atoms with van der Waals surface area (Å²) < 4.78 is 0. The summed E-state index contributed by atoms with van der Waals surface area (Å²) in [5.74, 6) is 0.152. The molecule has 4 N–H and O–H groups in total. The summed E-state index contributed by atoms with van der Waals surface area (Å²) in [5.41, 5.74) is 12.1. The predicted octanol–water partition coefficient (Wildman–Crippen LogP) is 12.4. The molecule has 1 saturated heterocycles. The summed E-state index contributed by atoms with van der Waals surface area (Å²) in [6.45, 7) is 13.4. The van der Waals surface area contributed by atoms with Gasteiger partial charge in [-0.25, -0.2) is 0 Å². The first-order valence-corrected chi connectivity index (χ1v) is 24.8. The third-order valence-electron chi connectivity index (χ3n) is 12.4. The SMILES string of the molecule is CCCCCCCCCCCCCCCCCCN1CCN(CCCCCCCCCCCCCCCCCC)CCN(C(=O)C(N)CCCCN)CC1. The average Bonchev–Trinajstić information content (AvgIpc) is 3.28. The Hall–Kier alpha value is -0.690. The van der Waals surface area contributed by atoms with Crippen molar-refractivity contribution in [2.75, 3.05) is 58.9 Å². The minimum Gasteiger partial charge on any atom is -0.339 e. The van der Waals surface area contributed by atoms with Gasteiger partial charge in [-0.05, 0) is 45.3 Å². The van der Waals surface area contributed by atoms with Crippen LogP contribution in [0.25, 0.3) is 0 Å². The highest BCUT2D eigenvalue weighted by molar-refractivity contribution is 5.81. The molecule has 1 unspecified atom stereocenters. The maximum Gasteiger partial charge on any atom is 0.239 e. The molecule has 322 valence electrons. The molecule has 0 bridgehead atoms. The van der Waals surface area contributed by atoms with Crippen molar-refractivity contribution in [3.63, 3.8) is 0 Å². The second kappa shape index (κ2) is 40.5. The number of hydrogen-bond donors (Lipinski definition) is 2. The van der Waals surface area contributed by atoms with Gasteiger partial charge < -0.3 is 26.2 Å². The van der Waals surface area contributed by atoms with E-state index in [2.05, 4.69) is 28.5 Å². The smallest absolute Gasteiger partial charge is 0.239 e. The molecule has 6 heteroatoms. The maximum absolute atomic E-state index is 13.4. The van der Waals surface area contributed by atoms with Gasteiger partial charge in [-0.1, -0.05) is 213 Å². The van der Waals surface area contributed by atoms with E-state index < -0.39 is 0 Å². The normalized spacial score (nSPS) is 15.4. The highest BCUT2D eigenvalue weighted by atomic mass is 16.2. The molecular weight excluding hydrogens is 663 g/mol. The highest BCUT2D eigenvalue weighted by Crippen LogP contribution is 2.16. The van der Waals surface area contributed by atoms with E-state index in [0.717, 1.165) is 71.6 Å². The number of carbonyl (C=O) groups excluding carboxylic acids is 1. The van der Waals surface area contributed by atoms with Crippen LogP contribution in [0.5, 0.6) is 0 Å². The van der Waals surface area contributed by atoms with Gasteiger partial charge in [0.25, 0.3) is 0 Å². The molecule has 0 radical (unpaired) electrons. The lowest BCUT2D eigenvalue weighted by Gasteiger charge is -2.28. The summed E-state index contributed by atoms with van der Waals surface area (Å²) in [6.07, 6.45) is 47.8. The fraction of sp³-hybridized carbons (Fsp3) is 0.979. The van der Waals surface area contributed by atoms with Crippen LogP contribution in [0.4, 0.5) is 0 Å². The van der Waals surface area contributed by atoms with E-state index >= 15 is 0 Å². The molecule has 1 atom stereocenters. The zero-order chi connectivity index (χ0) is 39.0. The summed E-state index contributed by atoms with van der Waals surface area (Å²) in [6, 6.07) is -0.389. The predicted molar refractivity (Wildman–Crippen MR) is 239 cm³/mol. The summed E-state index contributed by atoms with van der Waals surface area (Å²) in [4.78, 5) is 20.8. The molecule has 1 heterocycles. The quantitative estimate of drug-likeness (QED) is 0.0610. The summed E-state index contributed by atoms with van der Waals surface area (Å²) >= 11 is 0. The van der Waals surface area contributed by atoms with Gasteiger partial charge in [-0.2, -0.15) is 0 Å². The summed E-state index contributed by atoms with van der Waals surface area (Å²) in [5, 5.41) is 0. The Morgan fingerprint density at radius 1 is 0.407 bits per heavy atom. The first-order chi connectivity index (χ1) is 26.6. The van der Waals surface area contributed by atoms with Gasteiger partial charge in [0.15, 0.2) is 0 Å². The minimum atomic E-state index is -0.389. The van der Waals surface area contributed by atoms with Crippen molar-refractivity contribution in [3.05, 3.63) is 0 Å². The molecule has 1 aliphatic heterocycles. The van der Waals surface area contributed by atoms with Crippen LogP contribution in [0, 0.1) is 0 Å². The van der Waals surface area contributed by atoms with Crippen LogP contribution in [0.2, 0.25) is 0 Å². The maximum atomic E-state index is 13.4. The molecule has 1 amide bonds. The minimum absolute atomic E-state index is 0.152. The average molecular weight is 762 g/mol. The Kier molecular flexibility index (Phi) is 38.5. The van der Waals surface area contributed by atoms with E-state index in [0.29, 0.717) is 6.54 Å². The molecule has 0 spiro atoms. The van der Waals surface area contributed by atoms with Crippen LogP contribution in [-0.4, -0.2) is 85.6 Å². The molecular formula is C48H99N5O. The van der Waals surface area contributed by atoms with Crippen molar-refractivity contribution in [1.29, 1.82) is 0 Å². The number of amides is 1. The molecule has 6 nitrogen and oxygen atoms in total. The Balaban J connectivity index is 2.29. The van der Waals surface area contributed by atoms with Crippen LogP contribution < -0.4 is 11.5 Å². The molecule has 1 rings (SSSR count). The van der Waals surface area contributed by atoms with Gasteiger partial charge in [0.05, 0.1) is 6.04 Å². The lowest BCUT2D eigenvalue weighted by Crippen LogP contribution is -2.48. The standard InChI is InChI=1S/C48H99N5O/c1-3-5-7-9-11-13-15-17-19-21-23-25-27-29-31-35-39-51-41-42-52(44-46-53(45-43-51)48(54)47(50)37-33-34-38-49)40-36-32-30-28-26-24-22-20-18-16-14-12-10-8-6-4-2/h47H,3-46,49-50H2,1-2H3. The van der Waals surface area contributed by atoms with Crippen molar-refractivity contribution in [1.82, 2.24) is 14.7 Å². The van der Waals surface area contributed by atoms with E-state index in [1.165, 1.54) is 205 Å². The lowest BCUT2D eigenvalue weighted by molar-refractivity contribution is -0.133. The van der Waals surface area contributed by atoms with E-state index in [1.54, 1.807) is 0 Å². The van der Waals surface area contributed by atoms with E-state index in [-0.39, 0.29) is 11.9 Å². The zero-order valence-corrected chi connectivity index (χ0v) is 37.1. The summed E-state index contributed by atoms with van der Waals surface area (Å²) in [7, 11) is 0. The van der Waals surface area contributed by atoms with E-state index in [9.17, 15) is 4.79 Å². The topological polar surface area (TPSA) is 78.8 Å². The zero-order valence-electron chi connectivity index (χ0n) is 37.1. The highest BCUT2D eigenvalue weighted by Gasteiger charge is 2.23. The number of nitrogens with two attached hydrogens (primary N) is 2. The Bertz CT molecular complexity index is 717. The molecule has 1 fully saturated rings. The van der Waals surface area contributed by atoms with Gasteiger partial charge in [-0.15, -0.1) is 0 Å². The number of nitrogens with zero attached hydrogens (tertiary/aromatic N) is 3. The molecule has 0 aromatic heterocycles. The number of unbranched alkanes of at least 4 members (excludes halogenated alkanes) is 31. The third-order valence-corrected chi connectivity index (χ3v) is 12.4. The fourth-order valence-corrected chi connectivity index (χ4v) is 8.44. The van der Waals surface area contributed by atoms with Crippen LogP contribution in [0.1, 0.15) is 239 Å². The first-order valence-electron chi connectivity index (χ1n) is 24.8. The van der Waals surface area contributed by atoms with Crippen molar-refractivity contribution in [2.45, 2.75) is 245 Å². The molecule has 54 heavy (non-hydrogen) atoms. The van der Waals surface area contributed by atoms with Crippen LogP contribution in [-0.2, 0) is 4.79 Å². The van der Waals surface area contributed by atoms with Crippen LogP contribution in [0.15, 0.2) is 0 Å². The Morgan fingerprint density at radius 2 is 0.685 bits per heavy atom. The van der Waals surface area contributed by atoms with E-state index in [1.807, 2.05) is 0 Å². The van der Waals surface area contributed by atoms with Crippen molar-refractivity contribution in [3.8, 4) is 0 Å². The van der Waals surface area contributed by atoms with Gasteiger partial charge >= 0.3 is 0 Å². The fourth-order valence-electron chi connectivity index (χ4n) is 8.44. The monoisotopic (exact) mass is 762 g/mol. The molecule has 0 aliphatic carbocycles. The van der Waals surface area contributed by atoms with Crippen molar-refractivity contribution >= 4 is 5.91 Å². The number of hydrogen-bond acceptors (Lipinski definition) is 5. The molecule has 0 aromatic rings. The van der Waals surface area contributed by atoms with E-state index in [4.69, 9.17) is 11.5 Å². The molecule has 1 aliphatic rings. The second-order valence-corrected chi connectivity index (χ2v) is 17.5. The third kappa shape index (κ3) is 32.4. The number of carbonyl (C=O) groups is 1. The Morgan fingerprint density at radius 3 is 0.981 bits per heavy atom. The van der Waals surface area contributed by atoms with Crippen LogP contribution in [0.3, 0.4) is 0 Å². The largest absolute Gasteiger partial charge is 0.339 e. The molecule has 0 aromatic carbocycles. The lowest BCUT2D eigenvalue weighted by atomic mass is 10.0. The van der Waals surface area contributed by atoms with Gasteiger partial charge in [0.2, 0.25) is 5.91 Å². The van der Waals surface area contributed by atoms with Gasteiger partial charge in [-0.3, -0.25) is 4.79 Å². The van der Waals surface area contributed by atoms with Crippen molar-refractivity contribution < 1.29 is 4.79 Å². The Labute approximate surface area is 339 Å². The molecule has 0 saturated carbocycles. The van der Waals surface area contributed by atoms with Crippen molar-refractivity contribution in [2.24, 2.45) is 11.5 Å². The van der Waals surface area contributed by atoms with Crippen LogP contribution >= 0.6 is 0 Å². The first kappa shape index (κ1) is 51.3.